The third-order valence-electron chi connectivity index (χ3n) is 7.98. The van der Waals surface area contributed by atoms with Crippen LogP contribution in [0.3, 0.4) is 0 Å². The molecule has 1 saturated carbocycles. The molecule has 2 atom stereocenters. The molecule has 1 aromatic heterocycles. The number of alkyl halides is 5. The Labute approximate surface area is 260 Å². The Kier molecular flexibility index (Phi) is 10.6. The standard InChI is InChI=1S/C28H32F7N5O5S/c1-45-16-11-18(29)21(19(30)12-16)17-13-40(25-22(28(33,34)35)20(7-8-37-25)36-9-10-46(2,43)44)26(41)23(17)39-27(42)38-15-5-3-14(4-6-15)24(31)32/h7-8,11-12,14-15,17,23-24H,3-6,9-10,13H2,1-2H3,(H,36,37)(H2,38,39,42)/t14?,15?,17-,23-/m0/s1. The lowest BCUT2D eigenvalue weighted by molar-refractivity contribution is -0.136. The summed E-state index contributed by atoms with van der Waals surface area (Å²) in [6.07, 6.45) is -5.15. The maximum Gasteiger partial charge on any atom is 0.421 e. The van der Waals surface area contributed by atoms with Crippen LogP contribution in [0.4, 0.5) is 47.0 Å². The monoisotopic (exact) mass is 683 g/mol. The highest BCUT2D eigenvalue weighted by molar-refractivity contribution is 7.90. The van der Waals surface area contributed by atoms with Crippen molar-refractivity contribution in [2.75, 3.05) is 42.4 Å². The molecule has 0 unspecified atom stereocenters. The number of rotatable bonds is 10. The van der Waals surface area contributed by atoms with E-state index >= 15 is 8.78 Å². The second-order valence-electron chi connectivity index (χ2n) is 11.2. The highest BCUT2D eigenvalue weighted by Crippen LogP contribution is 2.44. The molecule has 3 N–H and O–H groups in total. The summed E-state index contributed by atoms with van der Waals surface area (Å²) in [6, 6.07) is -0.754. The van der Waals surface area contributed by atoms with Crippen molar-refractivity contribution in [1.29, 1.82) is 0 Å². The van der Waals surface area contributed by atoms with Crippen LogP contribution in [0.1, 0.15) is 42.7 Å². The number of anilines is 2. The molecule has 0 spiro atoms. The second-order valence-corrected chi connectivity index (χ2v) is 13.5. The van der Waals surface area contributed by atoms with Crippen molar-refractivity contribution in [3.63, 3.8) is 0 Å². The minimum absolute atomic E-state index is 0.129. The van der Waals surface area contributed by atoms with E-state index < -0.39 is 111 Å². The summed E-state index contributed by atoms with van der Waals surface area (Å²) in [5, 5.41) is 7.26. The van der Waals surface area contributed by atoms with Crippen LogP contribution in [0.25, 0.3) is 0 Å². The lowest BCUT2D eigenvalue weighted by Crippen LogP contribution is -2.51. The SMILES string of the molecule is COc1cc(F)c([C@@H]2CN(c3nccc(NCCS(C)(=O)=O)c3C(F)(F)F)C(=O)[C@H]2NC(=O)NC2CCC(C(F)F)CC2)c(F)c1. The Bertz CT molecular complexity index is 1530. The van der Waals surface area contributed by atoms with E-state index in [4.69, 9.17) is 4.74 Å². The number of methoxy groups -OCH3 is 1. The number of hydrogen-bond acceptors (Lipinski definition) is 7. The zero-order valence-electron chi connectivity index (χ0n) is 24.6. The van der Waals surface area contributed by atoms with E-state index in [2.05, 4.69) is 20.9 Å². The first-order valence-corrected chi connectivity index (χ1v) is 16.2. The van der Waals surface area contributed by atoms with Crippen molar-refractivity contribution in [2.24, 2.45) is 5.92 Å². The summed E-state index contributed by atoms with van der Waals surface area (Å²) in [5.74, 6) is -7.57. The predicted molar refractivity (Wildman–Crippen MR) is 153 cm³/mol. The van der Waals surface area contributed by atoms with E-state index in [1.165, 1.54) is 0 Å². The Morgan fingerprint density at radius 1 is 1.11 bits per heavy atom. The van der Waals surface area contributed by atoms with Gasteiger partial charge in [-0.15, -0.1) is 0 Å². The highest BCUT2D eigenvalue weighted by atomic mass is 32.2. The van der Waals surface area contributed by atoms with E-state index in [0.717, 1.165) is 37.8 Å². The largest absolute Gasteiger partial charge is 0.497 e. The minimum atomic E-state index is -5.14. The summed E-state index contributed by atoms with van der Waals surface area (Å²) >= 11 is 0. The van der Waals surface area contributed by atoms with E-state index in [1.54, 1.807) is 0 Å². The van der Waals surface area contributed by atoms with Crippen LogP contribution >= 0.6 is 0 Å². The van der Waals surface area contributed by atoms with Gasteiger partial charge in [0.05, 0.1) is 18.6 Å². The molecule has 1 saturated heterocycles. The number of carbonyl (C=O) groups is 2. The molecule has 1 aromatic carbocycles. The number of benzene rings is 1. The predicted octanol–water partition coefficient (Wildman–Crippen LogP) is 4.47. The van der Waals surface area contributed by atoms with Gasteiger partial charge >= 0.3 is 12.2 Å². The average molecular weight is 684 g/mol. The Balaban J connectivity index is 1.69. The van der Waals surface area contributed by atoms with Gasteiger partial charge < -0.3 is 20.7 Å². The summed E-state index contributed by atoms with van der Waals surface area (Å²) in [5.41, 5.74) is -2.73. The van der Waals surface area contributed by atoms with Gasteiger partial charge in [0.2, 0.25) is 6.43 Å². The number of urea groups is 1. The Morgan fingerprint density at radius 3 is 2.28 bits per heavy atom. The van der Waals surface area contributed by atoms with Crippen molar-refractivity contribution in [2.45, 2.75) is 56.3 Å². The topological polar surface area (TPSA) is 130 Å². The van der Waals surface area contributed by atoms with Crippen LogP contribution in [-0.2, 0) is 20.8 Å². The van der Waals surface area contributed by atoms with Crippen molar-refractivity contribution >= 4 is 33.3 Å². The molecule has 2 aromatic rings. The molecule has 46 heavy (non-hydrogen) atoms. The number of ether oxygens (including phenoxy) is 1. The van der Waals surface area contributed by atoms with Crippen molar-refractivity contribution < 1.29 is 53.5 Å². The Hall–Kier alpha value is -3.83. The lowest BCUT2D eigenvalue weighted by atomic mass is 9.86. The Morgan fingerprint density at radius 2 is 1.74 bits per heavy atom. The van der Waals surface area contributed by atoms with Crippen molar-refractivity contribution in [1.82, 2.24) is 15.6 Å². The van der Waals surface area contributed by atoms with Crippen LogP contribution in [0.15, 0.2) is 24.4 Å². The van der Waals surface area contributed by atoms with Gasteiger partial charge in [-0.1, -0.05) is 0 Å². The summed E-state index contributed by atoms with van der Waals surface area (Å²) < 4.78 is 128. The number of carbonyl (C=O) groups excluding carboxylic acids is 2. The third kappa shape index (κ3) is 8.11. The fraction of sp³-hybridized carbons (Fsp3) is 0.536. The summed E-state index contributed by atoms with van der Waals surface area (Å²) in [6.45, 7) is -1.15. The molecular formula is C28H32F7N5O5S. The summed E-state index contributed by atoms with van der Waals surface area (Å²) in [7, 11) is -2.40. The van der Waals surface area contributed by atoms with Gasteiger partial charge in [-0.2, -0.15) is 13.2 Å². The fourth-order valence-electron chi connectivity index (χ4n) is 5.71. The third-order valence-corrected chi connectivity index (χ3v) is 8.93. The highest BCUT2D eigenvalue weighted by Gasteiger charge is 2.49. The van der Waals surface area contributed by atoms with Crippen LogP contribution in [0.5, 0.6) is 5.75 Å². The molecule has 254 valence electrons. The smallest absolute Gasteiger partial charge is 0.421 e. The number of nitrogens with zero attached hydrogens (tertiary/aromatic N) is 2. The number of hydrogen-bond donors (Lipinski definition) is 3. The van der Waals surface area contributed by atoms with Gasteiger partial charge in [-0.05, 0) is 31.7 Å². The number of nitrogens with one attached hydrogen (secondary N) is 3. The number of sulfone groups is 1. The lowest BCUT2D eigenvalue weighted by Gasteiger charge is -2.29. The molecule has 2 heterocycles. The molecule has 0 radical (unpaired) electrons. The molecule has 1 aliphatic carbocycles. The van der Waals surface area contributed by atoms with Gasteiger partial charge in [0.1, 0.15) is 44.6 Å². The number of amides is 3. The second kappa shape index (κ2) is 13.9. The molecule has 0 bridgehead atoms. The van der Waals surface area contributed by atoms with E-state index in [-0.39, 0.29) is 31.4 Å². The number of halogens is 7. The number of aromatic nitrogens is 1. The summed E-state index contributed by atoms with van der Waals surface area (Å²) in [4.78, 5) is 31.0. The first-order chi connectivity index (χ1) is 21.5. The van der Waals surface area contributed by atoms with Gasteiger partial charge in [-0.25, -0.2) is 35.8 Å². The van der Waals surface area contributed by atoms with Crippen LogP contribution in [0, 0.1) is 17.6 Å². The van der Waals surface area contributed by atoms with Gasteiger partial charge in [0.25, 0.3) is 5.91 Å². The normalized spacial score (nSPS) is 22.2. The molecule has 2 aliphatic rings. The molecule has 3 amide bonds. The van der Waals surface area contributed by atoms with Crippen LogP contribution < -0.4 is 25.6 Å². The van der Waals surface area contributed by atoms with E-state index in [9.17, 15) is 40.0 Å². The maximum absolute atomic E-state index is 15.3. The van der Waals surface area contributed by atoms with Gasteiger partial charge in [-0.3, -0.25) is 9.69 Å². The van der Waals surface area contributed by atoms with Crippen LogP contribution in [-0.4, -0.2) is 76.1 Å². The van der Waals surface area contributed by atoms with Gasteiger partial charge in [0, 0.05) is 61.1 Å². The first-order valence-electron chi connectivity index (χ1n) is 14.2. The van der Waals surface area contributed by atoms with E-state index in [1.807, 2.05) is 0 Å². The van der Waals surface area contributed by atoms with Crippen LogP contribution in [0.2, 0.25) is 0 Å². The molecule has 1 aliphatic heterocycles. The quantitative estimate of drug-likeness (QED) is 0.316. The van der Waals surface area contributed by atoms with Crippen molar-refractivity contribution in [3.8, 4) is 5.75 Å². The molecule has 4 rings (SSSR count). The van der Waals surface area contributed by atoms with Gasteiger partial charge in [0.15, 0.2) is 0 Å². The van der Waals surface area contributed by atoms with Crippen molar-refractivity contribution in [3.05, 3.63) is 47.2 Å². The fourth-order valence-corrected chi connectivity index (χ4v) is 6.19. The minimum Gasteiger partial charge on any atom is -0.497 e. The average Bonchev–Trinajstić information content (AvgIpc) is 3.26. The molecule has 18 heteroatoms. The van der Waals surface area contributed by atoms with E-state index in [0.29, 0.717) is 4.90 Å². The first kappa shape index (κ1) is 35.0. The maximum atomic E-state index is 15.3. The zero-order chi connectivity index (χ0) is 34.0. The molecular weight excluding hydrogens is 651 g/mol. The molecule has 10 nitrogen and oxygen atoms in total. The zero-order valence-corrected chi connectivity index (χ0v) is 25.5. The molecule has 2 fully saturated rings. The number of pyridine rings is 1.